The standard InChI is InChI=1S/C27H29N5O/c1-31(18-20-9-3-2-4-10-20)27(33)23-17-28-30-26(23)25-13-7-8-16-32(25)19-22-15-14-21-11-5-6-12-24(21)29-22/h2-6,9-12,14-15,17,25H,7-8,13,16,18-19H2,1H3,(H,28,30)/t25-/m0/s1. The summed E-state index contributed by atoms with van der Waals surface area (Å²) in [6.45, 7) is 2.30. The summed E-state index contributed by atoms with van der Waals surface area (Å²) in [5, 5.41) is 8.59. The molecule has 2 aromatic heterocycles. The van der Waals surface area contributed by atoms with Crippen molar-refractivity contribution >= 4 is 16.8 Å². The summed E-state index contributed by atoms with van der Waals surface area (Å²) in [5.41, 5.74) is 4.76. The number of fused-ring (bicyclic) bond motifs is 1. The molecule has 0 spiro atoms. The molecule has 33 heavy (non-hydrogen) atoms. The maximum Gasteiger partial charge on any atom is 0.257 e. The van der Waals surface area contributed by atoms with Gasteiger partial charge in [-0.05, 0) is 37.1 Å². The van der Waals surface area contributed by atoms with E-state index in [1.165, 1.54) is 0 Å². The number of nitrogens with one attached hydrogen (secondary N) is 1. The van der Waals surface area contributed by atoms with Crippen molar-refractivity contribution in [1.82, 2.24) is 25.0 Å². The number of hydrogen-bond donors (Lipinski definition) is 1. The third-order valence-electron chi connectivity index (χ3n) is 6.48. The SMILES string of the molecule is CN(Cc1ccccc1)C(=O)c1cn[nH]c1[C@@H]1CCCCN1Cc1ccc2ccccc2n1. The molecule has 1 atom stereocenters. The number of rotatable bonds is 6. The normalized spacial score (nSPS) is 16.7. The van der Waals surface area contributed by atoms with E-state index in [0.29, 0.717) is 12.1 Å². The molecule has 0 radical (unpaired) electrons. The van der Waals surface area contributed by atoms with E-state index in [1.807, 2.05) is 49.5 Å². The van der Waals surface area contributed by atoms with Gasteiger partial charge < -0.3 is 4.90 Å². The number of benzene rings is 2. The summed E-state index contributed by atoms with van der Waals surface area (Å²) in [7, 11) is 1.85. The van der Waals surface area contributed by atoms with E-state index in [2.05, 4.69) is 39.4 Å². The second-order valence-electron chi connectivity index (χ2n) is 8.82. The zero-order valence-corrected chi connectivity index (χ0v) is 18.9. The number of piperidine rings is 1. The minimum absolute atomic E-state index is 0.00282. The Balaban J connectivity index is 1.36. The number of aromatic nitrogens is 3. The Hall–Kier alpha value is -3.51. The summed E-state index contributed by atoms with van der Waals surface area (Å²) in [4.78, 5) is 22.4. The van der Waals surface area contributed by atoms with E-state index in [9.17, 15) is 4.79 Å². The van der Waals surface area contributed by atoms with Crippen molar-refractivity contribution < 1.29 is 4.79 Å². The average Bonchev–Trinajstić information content (AvgIpc) is 3.34. The first-order valence-corrected chi connectivity index (χ1v) is 11.6. The van der Waals surface area contributed by atoms with Crippen molar-refractivity contribution in [2.24, 2.45) is 0 Å². The summed E-state index contributed by atoms with van der Waals surface area (Å²) < 4.78 is 0. The van der Waals surface area contributed by atoms with E-state index >= 15 is 0 Å². The van der Waals surface area contributed by atoms with Crippen molar-refractivity contribution in [2.45, 2.75) is 38.4 Å². The highest BCUT2D eigenvalue weighted by Crippen LogP contribution is 2.33. The molecule has 168 valence electrons. The molecule has 2 aromatic carbocycles. The minimum Gasteiger partial charge on any atom is -0.337 e. The molecule has 0 aliphatic carbocycles. The van der Waals surface area contributed by atoms with Crippen LogP contribution >= 0.6 is 0 Å². The molecular formula is C27H29N5O. The molecule has 1 saturated heterocycles. The molecule has 6 nitrogen and oxygen atoms in total. The van der Waals surface area contributed by atoms with Crippen LogP contribution in [-0.2, 0) is 13.1 Å². The number of aromatic amines is 1. The van der Waals surface area contributed by atoms with Crippen molar-refractivity contribution in [1.29, 1.82) is 0 Å². The topological polar surface area (TPSA) is 65.1 Å². The third kappa shape index (κ3) is 4.66. The molecule has 1 fully saturated rings. The second-order valence-corrected chi connectivity index (χ2v) is 8.82. The molecule has 1 aliphatic heterocycles. The molecule has 0 unspecified atom stereocenters. The lowest BCUT2D eigenvalue weighted by Crippen LogP contribution is -2.35. The lowest BCUT2D eigenvalue weighted by Gasteiger charge is -2.35. The van der Waals surface area contributed by atoms with E-state index in [-0.39, 0.29) is 11.9 Å². The molecule has 1 aliphatic rings. The van der Waals surface area contributed by atoms with Crippen LogP contribution in [0.4, 0.5) is 0 Å². The van der Waals surface area contributed by atoms with Crippen LogP contribution in [-0.4, -0.2) is 44.5 Å². The Labute approximate surface area is 194 Å². The van der Waals surface area contributed by atoms with Gasteiger partial charge in [0.15, 0.2) is 0 Å². The maximum atomic E-state index is 13.3. The van der Waals surface area contributed by atoms with Crippen LogP contribution in [0.2, 0.25) is 0 Å². The number of carbonyl (C=O) groups excluding carboxylic acids is 1. The fourth-order valence-electron chi connectivity index (χ4n) is 4.77. The lowest BCUT2D eigenvalue weighted by atomic mass is 9.96. The average molecular weight is 440 g/mol. The van der Waals surface area contributed by atoms with Gasteiger partial charge in [-0.2, -0.15) is 5.10 Å². The molecule has 4 aromatic rings. The van der Waals surface area contributed by atoms with Crippen LogP contribution in [0.15, 0.2) is 72.9 Å². The van der Waals surface area contributed by atoms with Crippen LogP contribution < -0.4 is 0 Å². The minimum atomic E-state index is -0.00282. The molecule has 5 rings (SSSR count). The van der Waals surface area contributed by atoms with E-state index in [0.717, 1.165) is 60.2 Å². The number of H-pyrrole nitrogens is 1. The molecule has 0 saturated carbocycles. The monoisotopic (exact) mass is 439 g/mol. The number of nitrogens with zero attached hydrogens (tertiary/aromatic N) is 4. The Morgan fingerprint density at radius 2 is 1.88 bits per heavy atom. The van der Waals surface area contributed by atoms with Crippen LogP contribution in [0, 0.1) is 0 Å². The summed E-state index contributed by atoms with van der Waals surface area (Å²) in [6.07, 6.45) is 4.97. The van der Waals surface area contributed by atoms with Gasteiger partial charge in [0.2, 0.25) is 0 Å². The Morgan fingerprint density at radius 1 is 1.06 bits per heavy atom. The van der Waals surface area contributed by atoms with Crippen molar-refractivity contribution in [2.75, 3.05) is 13.6 Å². The van der Waals surface area contributed by atoms with Crippen LogP contribution in [0.1, 0.15) is 52.6 Å². The molecule has 6 heteroatoms. The van der Waals surface area contributed by atoms with Crippen LogP contribution in [0.3, 0.4) is 0 Å². The molecule has 1 N–H and O–H groups in total. The summed E-state index contributed by atoms with van der Waals surface area (Å²) in [5.74, 6) is -0.00282. The van der Waals surface area contributed by atoms with E-state index in [1.54, 1.807) is 11.1 Å². The lowest BCUT2D eigenvalue weighted by molar-refractivity contribution is 0.0776. The number of likely N-dealkylation sites (tertiary alicyclic amines) is 1. The van der Waals surface area contributed by atoms with Crippen LogP contribution in [0.25, 0.3) is 10.9 Å². The molecule has 0 bridgehead atoms. The smallest absolute Gasteiger partial charge is 0.257 e. The van der Waals surface area contributed by atoms with Gasteiger partial charge in [-0.25, -0.2) is 0 Å². The van der Waals surface area contributed by atoms with Crippen molar-refractivity contribution in [3.8, 4) is 0 Å². The third-order valence-corrected chi connectivity index (χ3v) is 6.48. The Morgan fingerprint density at radius 3 is 2.76 bits per heavy atom. The summed E-state index contributed by atoms with van der Waals surface area (Å²) >= 11 is 0. The number of carbonyl (C=O) groups is 1. The zero-order valence-electron chi connectivity index (χ0n) is 18.9. The fourth-order valence-corrected chi connectivity index (χ4v) is 4.77. The predicted octanol–water partition coefficient (Wildman–Crippen LogP) is 4.96. The Kier molecular flexibility index (Phi) is 6.17. The molecule has 3 heterocycles. The maximum absolute atomic E-state index is 13.3. The van der Waals surface area contributed by atoms with Gasteiger partial charge in [0.25, 0.3) is 5.91 Å². The number of amides is 1. The first kappa shape index (κ1) is 21.3. The largest absolute Gasteiger partial charge is 0.337 e. The number of para-hydroxylation sites is 1. The highest BCUT2D eigenvalue weighted by atomic mass is 16.2. The zero-order chi connectivity index (χ0) is 22.6. The fraction of sp³-hybridized carbons (Fsp3) is 0.296. The van der Waals surface area contributed by atoms with Gasteiger partial charge in [-0.3, -0.25) is 19.8 Å². The first-order chi connectivity index (χ1) is 16.2. The molecular weight excluding hydrogens is 410 g/mol. The second kappa shape index (κ2) is 9.55. The van der Waals surface area contributed by atoms with Gasteiger partial charge in [-0.15, -0.1) is 0 Å². The van der Waals surface area contributed by atoms with Gasteiger partial charge in [-0.1, -0.05) is 61.0 Å². The Bertz CT molecular complexity index is 1240. The quantitative estimate of drug-likeness (QED) is 0.461. The first-order valence-electron chi connectivity index (χ1n) is 11.6. The van der Waals surface area contributed by atoms with E-state index in [4.69, 9.17) is 4.98 Å². The highest BCUT2D eigenvalue weighted by molar-refractivity contribution is 5.95. The highest BCUT2D eigenvalue weighted by Gasteiger charge is 2.30. The van der Waals surface area contributed by atoms with Crippen molar-refractivity contribution in [3.05, 3.63) is 95.4 Å². The van der Waals surface area contributed by atoms with E-state index < -0.39 is 0 Å². The van der Waals surface area contributed by atoms with Crippen LogP contribution in [0.5, 0.6) is 0 Å². The number of hydrogen-bond acceptors (Lipinski definition) is 4. The van der Waals surface area contributed by atoms with Gasteiger partial charge in [0.05, 0.1) is 34.7 Å². The van der Waals surface area contributed by atoms with Crippen molar-refractivity contribution in [3.63, 3.8) is 0 Å². The van der Waals surface area contributed by atoms with Gasteiger partial charge in [0, 0.05) is 25.5 Å². The summed E-state index contributed by atoms with van der Waals surface area (Å²) in [6, 6.07) is 22.6. The van der Waals surface area contributed by atoms with Gasteiger partial charge in [0.1, 0.15) is 0 Å². The molecule has 1 amide bonds. The van der Waals surface area contributed by atoms with Gasteiger partial charge >= 0.3 is 0 Å². The number of pyridine rings is 1. The predicted molar refractivity (Wildman–Crippen MR) is 130 cm³/mol.